The first-order valence-corrected chi connectivity index (χ1v) is 17.0. The lowest BCUT2D eigenvalue weighted by atomic mass is 9.79. The number of aliphatic carboxylic acids is 1. The van der Waals surface area contributed by atoms with Crippen LogP contribution in [0.4, 0.5) is 9.18 Å². The summed E-state index contributed by atoms with van der Waals surface area (Å²) in [5.41, 5.74) is 0.586. The predicted molar refractivity (Wildman–Crippen MR) is 159 cm³/mol. The fraction of sp³-hybridized carbons (Fsp3) is 0.533. The van der Waals surface area contributed by atoms with E-state index in [2.05, 4.69) is 21.2 Å². The Morgan fingerprint density at radius 2 is 1.62 bits per heavy atom. The average molecular weight is 625 g/mol. The first-order valence-electron chi connectivity index (χ1n) is 13.3. The third kappa shape index (κ3) is 10.7. The van der Waals surface area contributed by atoms with Gasteiger partial charge >= 0.3 is 12.1 Å². The number of halogens is 2. The molecular weight excluding hydrogens is 581 g/mol. The van der Waals surface area contributed by atoms with Crippen molar-refractivity contribution in [3.8, 4) is 0 Å². The van der Waals surface area contributed by atoms with E-state index in [0.29, 0.717) is 18.4 Å². The molecule has 0 aliphatic heterocycles. The summed E-state index contributed by atoms with van der Waals surface area (Å²) in [5, 5.41) is 12.7. The molecule has 3 atom stereocenters. The van der Waals surface area contributed by atoms with Crippen molar-refractivity contribution in [1.82, 2.24) is 5.32 Å². The number of rotatable bonds is 12. The van der Waals surface area contributed by atoms with Gasteiger partial charge < -0.3 is 20.0 Å². The Labute approximate surface area is 241 Å². The van der Waals surface area contributed by atoms with Crippen molar-refractivity contribution < 1.29 is 28.6 Å². The molecule has 0 aromatic heterocycles. The molecule has 216 valence electrons. The second-order valence-corrected chi connectivity index (χ2v) is 17.9. The molecule has 3 N–H and O–H groups in total. The van der Waals surface area contributed by atoms with Crippen LogP contribution >= 0.6 is 15.9 Å². The summed E-state index contributed by atoms with van der Waals surface area (Å²) in [6.45, 7) is 13.1. The van der Waals surface area contributed by atoms with Crippen molar-refractivity contribution in [3.63, 3.8) is 0 Å². The molecule has 0 aliphatic rings. The van der Waals surface area contributed by atoms with Crippen LogP contribution < -0.4 is 5.32 Å². The number of hydrogen-bond acceptors (Lipinski definition) is 4. The Hall–Kier alpha value is -2.23. The van der Waals surface area contributed by atoms with E-state index in [-0.39, 0.29) is 18.8 Å². The molecule has 39 heavy (non-hydrogen) atoms. The Morgan fingerprint density at radius 1 is 1.03 bits per heavy atom. The molecule has 2 aromatic carbocycles. The van der Waals surface area contributed by atoms with Crippen molar-refractivity contribution in [2.75, 3.05) is 0 Å². The third-order valence-corrected chi connectivity index (χ3v) is 11.5. The van der Waals surface area contributed by atoms with Gasteiger partial charge in [0.15, 0.2) is 8.32 Å². The Kier molecular flexibility index (Phi) is 11.3. The van der Waals surface area contributed by atoms with Gasteiger partial charge in [0.2, 0.25) is 0 Å². The van der Waals surface area contributed by atoms with E-state index in [4.69, 9.17) is 4.74 Å². The topological polar surface area (TPSA) is 95.9 Å². The van der Waals surface area contributed by atoms with Crippen molar-refractivity contribution in [3.05, 3.63) is 69.9 Å². The van der Waals surface area contributed by atoms with Gasteiger partial charge in [-0.1, -0.05) is 60.1 Å². The van der Waals surface area contributed by atoms with E-state index in [1.165, 1.54) is 6.07 Å². The summed E-state index contributed by atoms with van der Waals surface area (Å²) in [6, 6.07) is 13.5. The fourth-order valence-corrected chi connectivity index (χ4v) is 5.56. The monoisotopic (exact) mass is 623 g/mol. The zero-order valence-corrected chi connectivity index (χ0v) is 26.6. The van der Waals surface area contributed by atoms with Crippen LogP contribution in [0.15, 0.2) is 53.0 Å². The van der Waals surface area contributed by atoms with Crippen LogP contribution in [0.3, 0.4) is 0 Å². The van der Waals surface area contributed by atoms with Gasteiger partial charge in [0.1, 0.15) is 11.4 Å². The van der Waals surface area contributed by atoms with Gasteiger partial charge in [-0.2, -0.15) is 0 Å². The highest BCUT2D eigenvalue weighted by molar-refractivity contribution is 9.10. The molecule has 9 heteroatoms. The summed E-state index contributed by atoms with van der Waals surface area (Å²) in [5.74, 6) is -2.70. The highest BCUT2D eigenvalue weighted by Crippen LogP contribution is 2.44. The SMILES string of the molecule is CC(C)(C)OC(=O)N[C@@H](Cc1ccc(Br)cc1)[C@H](C[C@@H](Cc1ccccc1F)C(=O)O)CC(C)(C)[Si](C)(C)O. The maximum Gasteiger partial charge on any atom is 0.407 e. The number of carbonyl (C=O) groups is 2. The maximum atomic E-state index is 14.5. The van der Waals surface area contributed by atoms with Crippen LogP contribution in [0.1, 0.15) is 58.6 Å². The number of alkyl carbamates (subject to hydrolysis) is 1. The van der Waals surface area contributed by atoms with Gasteiger partial charge in [-0.3, -0.25) is 4.79 Å². The van der Waals surface area contributed by atoms with E-state index in [1.807, 2.05) is 51.2 Å². The average Bonchev–Trinajstić information content (AvgIpc) is 2.78. The molecule has 1 amide bonds. The predicted octanol–water partition coefficient (Wildman–Crippen LogP) is 7.34. The summed E-state index contributed by atoms with van der Waals surface area (Å²) in [4.78, 5) is 36.6. The maximum absolute atomic E-state index is 14.5. The zero-order valence-electron chi connectivity index (χ0n) is 24.1. The molecule has 0 aliphatic carbocycles. The molecule has 0 bridgehead atoms. The number of amides is 1. The fourth-order valence-electron chi connectivity index (χ4n) is 4.53. The lowest BCUT2D eigenvalue weighted by molar-refractivity contribution is -0.142. The molecule has 0 fully saturated rings. The Balaban J connectivity index is 2.51. The lowest BCUT2D eigenvalue weighted by Gasteiger charge is -2.41. The van der Waals surface area contributed by atoms with E-state index >= 15 is 0 Å². The van der Waals surface area contributed by atoms with E-state index in [9.17, 15) is 23.9 Å². The highest BCUT2D eigenvalue weighted by atomic mass is 79.9. The molecule has 2 aromatic rings. The third-order valence-electron chi connectivity index (χ3n) is 7.43. The minimum Gasteiger partial charge on any atom is -0.481 e. The minimum absolute atomic E-state index is 0.0241. The summed E-state index contributed by atoms with van der Waals surface area (Å²) in [6.07, 6.45) is 0.534. The normalized spacial score (nSPS) is 14.8. The van der Waals surface area contributed by atoms with Crippen molar-refractivity contribution >= 4 is 36.3 Å². The highest BCUT2D eigenvalue weighted by Gasteiger charge is 2.42. The number of carboxylic acids is 1. The second-order valence-electron chi connectivity index (χ2n) is 12.6. The summed E-state index contributed by atoms with van der Waals surface area (Å²) < 4.78 is 21.0. The molecule has 0 saturated heterocycles. The molecule has 0 heterocycles. The van der Waals surface area contributed by atoms with E-state index in [1.54, 1.807) is 39.0 Å². The van der Waals surface area contributed by atoms with Gasteiger partial charge in [-0.15, -0.1) is 0 Å². The van der Waals surface area contributed by atoms with Gasteiger partial charge in [-0.05, 0) is 99.8 Å². The smallest absolute Gasteiger partial charge is 0.407 e. The van der Waals surface area contributed by atoms with Crippen molar-refractivity contribution in [1.29, 1.82) is 0 Å². The summed E-state index contributed by atoms with van der Waals surface area (Å²) >= 11 is 3.45. The molecule has 0 spiro atoms. The molecule has 6 nitrogen and oxygen atoms in total. The van der Waals surface area contributed by atoms with Crippen LogP contribution in [0, 0.1) is 17.7 Å². The van der Waals surface area contributed by atoms with Crippen LogP contribution in [0.2, 0.25) is 18.1 Å². The second kappa shape index (κ2) is 13.4. The van der Waals surface area contributed by atoms with Gasteiger partial charge in [0, 0.05) is 10.5 Å². The number of hydrogen-bond donors (Lipinski definition) is 3. The van der Waals surface area contributed by atoms with Crippen molar-refractivity contribution in [2.45, 2.75) is 90.1 Å². The van der Waals surface area contributed by atoms with Crippen LogP contribution in [0.5, 0.6) is 0 Å². The summed E-state index contributed by atoms with van der Waals surface area (Å²) in [7, 11) is -2.69. The molecule has 2 rings (SSSR count). The standard InChI is InChI=1S/C30H43BrFNO5Si/c1-29(2,3)38-28(36)33-26(16-20-12-14-24(31)15-13-20)23(19-30(4,5)39(6,7)37)18-22(27(34)35)17-21-10-8-9-11-25(21)32/h8-15,22-23,26,37H,16-19H2,1-7H3,(H,33,36)(H,34,35)/t22-,23-,26+/m1/s1. The number of ether oxygens (including phenoxy) is 1. The van der Waals surface area contributed by atoms with Crippen LogP contribution in [-0.4, -0.2) is 41.9 Å². The number of carboxylic acid groups (broad SMARTS) is 1. The van der Waals surface area contributed by atoms with Gasteiger partial charge in [0.05, 0.1) is 5.92 Å². The van der Waals surface area contributed by atoms with E-state index < -0.39 is 48.8 Å². The van der Waals surface area contributed by atoms with E-state index in [0.717, 1.165) is 10.0 Å². The minimum atomic E-state index is -2.69. The Bertz CT molecular complexity index is 1110. The van der Waals surface area contributed by atoms with Crippen LogP contribution in [-0.2, 0) is 22.4 Å². The first kappa shape index (κ1) is 33.0. The molecular formula is C30H43BrFNO5Si. The number of nitrogens with one attached hydrogen (secondary N) is 1. The first-order chi connectivity index (χ1) is 17.9. The zero-order chi connectivity index (χ0) is 29.6. The molecule has 0 radical (unpaired) electrons. The Morgan fingerprint density at radius 3 is 2.13 bits per heavy atom. The quantitative estimate of drug-likeness (QED) is 0.215. The largest absolute Gasteiger partial charge is 0.481 e. The van der Waals surface area contributed by atoms with Crippen molar-refractivity contribution in [2.24, 2.45) is 11.8 Å². The number of benzene rings is 2. The van der Waals surface area contributed by atoms with Gasteiger partial charge in [0.25, 0.3) is 0 Å². The molecule has 0 unspecified atom stereocenters. The number of carbonyl (C=O) groups excluding carboxylic acids is 1. The lowest BCUT2D eigenvalue weighted by Crippen LogP contribution is -2.48. The molecule has 0 saturated carbocycles. The van der Waals surface area contributed by atoms with Crippen LogP contribution in [0.25, 0.3) is 0 Å². The van der Waals surface area contributed by atoms with Gasteiger partial charge in [-0.25, -0.2) is 9.18 Å².